The summed E-state index contributed by atoms with van der Waals surface area (Å²) >= 11 is 0. The van der Waals surface area contributed by atoms with Gasteiger partial charge in [-0.05, 0) is 53.1 Å². The van der Waals surface area contributed by atoms with Crippen LogP contribution < -0.4 is 28.4 Å². The third kappa shape index (κ3) is 5.73. The zero-order chi connectivity index (χ0) is 31.5. The number of aliphatic hydroxyl groups is 2. The number of aliphatic hydroxyl groups excluding tert-OH is 2. The molecule has 0 amide bonds. The van der Waals surface area contributed by atoms with E-state index in [1.54, 1.807) is 18.2 Å². The van der Waals surface area contributed by atoms with Crippen LogP contribution in [0.25, 0.3) is 0 Å². The van der Waals surface area contributed by atoms with Crippen molar-refractivity contribution in [3.63, 3.8) is 0 Å². The second-order valence-corrected chi connectivity index (χ2v) is 10.6. The first-order chi connectivity index (χ1) is 21.3. The highest BCUT2D eigenvalue weighted by molar-refractivity contribution is 5.54. The van der Waals surface area contributed by atoms with Crippen LogP contribution in [0.15, 0.2) is 42.5 Å². The van der Waals surface area contributed by atoms with Gasteiger partial charge in [0.2, 0.25) is 11.5 Å². The molecule has 12 nitrogen and oxygen atoms in total. The molecule has 0 saturated carbocycles. The molecule has 0 spiro atoms. The number of phenols is 2. The summed E-state index contributed by atoms with van der Waals surface area (Å²) in [6.45, 7) is 0.410. The third-order valence-electron chi connectivity index (χ3n) is 8.27. The first kappa shape index (κ1) is 31.3. The van der Waals surface area contributed by atoms with Gasteiger partial charge in [0.1, 0.15) is 6.10 Å². The van der Waals surface area contributed by atoms with E-state index in [0.717, 1.165) is 11.1 Å². The van der Waals surface area contributed by atoms with E-state index >= 15 is 0 Å². The predicted molar refractivity (Wildman–Crippen MR) is 156 cm³/mol. The Morgan fingerprint density at radius 2 is 1.11 bits per heavy atom. The molecule has 2 aliphatic rings. The molecule has 5 rings (SSSR count). The van der Waals surface area contributed by atoms with Gasteiger partial charge < -0.3 is 58.3 Å². The Morgan fingerprint density at radius 1 is 0.659 bits per heavy atom. The fourth-order valence-corrected chi connectivity index (χ4v) is 5.93. The molecule has 4 N–H and O–H groups in total. The van der Waals surface area contributed by atoms with E-state index in [4.69, 9.17) is 37.9 Å². The molecule has 3 aromatic carbocycles. The minimum atomic E-state index is -1.29. The molecule has 2 heterocycles. The average Bonchev–Trinajstić information content (AvgIpc) is 3.66. The smallest absolute Gasteiger partial charge is 0.200 e. The third-order valence-corrected chi connectivity index (χ3v) is 8.27. The van der Waals surface area contributed by atoms with Crippen molar-refractivity contribution in [1.29, 1.82) is 0 Å². The van der Waals surface area contributed by atoms with Crippen LogP contribution in [-0.2, 0) is 9.47 Å². The number of hydrogen-bond acceptors (Lipinski definition) is 12. The SMILES string of the molecule is COc1cc([C@@H]2OC[C@@H]3[C@H]2CO[C@H]3c2cc(OC)c(O)c(OC)c2)ccc1OC(CO)C(O)c1cc(OC)c(O)c(OC)c1. The summed E-state index contributed by atoms with van der Waals surface area (Å²) in [6.07, 6.45) is -2.92. The van der Waals surface area contributed by atoms with Crippen LogP contribution in [0.2, 0.25) is 0 Å². The van der Waals surface area contributed by atoms with Crippen molar-refractivity contribution >= 4 is 0 Å². The largest absolute Gasteiger partial charge is 0.502 e. The lowest BCUT2D eigenvalue weighted by atomic mass is 9.84. The number of methoxy groups -OCH3 is 5. The lowest BCUT2D eigenvalue weighted by molar-refractivity contribution is -0.000791. The van der Waals surface area contributed by atoms with Crippen molar-refractivity contribution in [2.45, 2.75) is 24.4 Å². The van der Waals surface area contributed by atoms with Crippen molar-refractivity contribution < 1.29 is 58.3 Å². The minimum absolute atomic E-state index is 0.0498. The van der Waals surface area contributed by atoms with E-state index < -0.39 is 18.8 Å². The minimum Gasteiger partial charge on any atom is -0.502 e. The zero-order valence-electron chi connectivity index (χ0n) is 25.2. The second-order valence-electron chi connectivity index (χ2n) is 10.6. The highest BCUT2D eigenvalue weighted by Gasteiger charge is 2.48. The summed E-state index contributed by atoms with van der Waals surface area (Å²) in [6, 6.07) is 11.8. The molecule has 238 valence electrons. The molecule has 6 atom stereocenters. The van der Waals surface area contributed by atoms with Crippen LogP contribution in [0.3, 0.4) is 0 Å². The average molecular weight is 615 g/mol. The molecule has 2 aliphatic heterocycles. The summed E-state index contributed by atoms with van der Waals surface area (Å²) in [7, 11) is 7.23. The van der Waals surface area contributed by atoms with Crippen LogP contribution in [-0.4, -0.2) is 81.9 Å². The van der Waals surface area contributed by atoms with Gasteiger partial charge >= 0.3 is 0 Å². The molecular weight excluding hydrogens is 576 g/mol. The van der Waals surface area contributed by atoms with E-state index in [1.807, 2.05) is 12.1 Å². The lowest BCUT2D eigenvalue weighted by Crippen LogP contribution is -2.29. The summed E-state index contributed by atoms with van der Waals surface area (Å²) in [4.78, 5) is 0. The summed E-state index contributed by atoms with van der Waals surface area (Å²) in [5.74, 6) is 1.35. The number of rotatable bonds is 12. The van der Waals surface area contributed by atoms with Crippen molar-refractivity contribution in [3.05, 3.63) is 59.2 Å². The fraction of sp³-hybridized carbons (Fsp3) is 0.438. The van der Waals surface area contributed by atoms with Crippen LogP contribution in [0.1, 0.15) is 35.0 Å². The van der Waals surface area contributed by atoms with Crippen LogP contribution >= 0.6 is 0 Å². The van der Waals surface area contributed by atoms with Gasteiger partial charge in [-0.2, -0.15) is 0 Å². The Morgan fingerprint density at radius 3 is 1.59 bits per heavy atom. The first-order valence-corrected chi connectivity index (χ1v) is 14.0. The van der Waals surface area contributed by atoms with Crippen molar-refractivity contribution in [2.24, 2.45) is 11.8 Å². The number of hydrogen-bond donors (Lipinski definition) is 4. The van der Waals surface area contributed by atoms with Gasteiger partial charge in [0.25, 0.3) is 0 Å². The quantitative estimate of drug-likeness (QED) is 0.235. The number of benzene rings is 3. The lowest BCUT2D eigenvalue weighted by Gasteiger charge is -2.25. The van der Waals surface area contributed by atoms with E-state index in [1.165, 1.54) is 47.7 Å². The molecule has 2 unspecified atom stereocenters. The molecular formula is C32H38O12. The Hall–Kier alpha value is -4.10. The Labute approximate surface area is 255 Å². The summed E-state index contributed by atoms with van der Waals surface area (Å²) in [5, 5.41) is 41.8. The molecule has 2 saturated heterocycles. The maximum Gasteiger partial charge on any atom is 0.200 e. The number of aromatic hydroxyl groups is 2. The molecule has 3 aromatic rings. The van der Waals surface area contributed by atoms with E-state index in [-0.39, 0.29) is 47.0 Å². The van der Waals surface area contributed by atoms with Crippen molar-refractivity contribution in [2.75, 3.05) is 55.4 Å². The van der Waals surface area contributed by atoms with Gasteiger partial charge in [-0.1, -0.05) is 6.07 Å². The van der Waals surface area contributed by atoms with Crippen LogP contribution in [0.5, 0.6) is 46.0 Å². The topological polar surface area (TPSA) is 155 Å². The molecule has 44 heavy (non-hydrogen) atoms. The second kappa shape index (κ2) is 13.3. The number of phenolic OH excluding ortho intramolecular Hbond substituents is 2. The van der Waals surface area contributed by atoms with Gasteiger partial charge in [-0.3, -0.25) is 0 Å². The van der Waals surface area contributed by atoms with E-state index in [0.29, 0.717) is 41.8 Å². The molecule has 0 aliphatic carbocycles. The number of fused-ring (bicyclic) bond motifs is 1. The van der Waals surface area contributed by atoms with Crippen LogP contribution in [0.4, 0.5) is 0 Å². The highest BCUT2D eigenvalue weighted by Crippen LogP contribution is 2.52. The van der Waals surface area contributed by atoms with E-state index in [9.17, 15) is 20.4 Å². The molecule has 0 radical (unpaired) electrons. The predicted octanol–water partition coefficient (Wildman–Crippen LogP) is 3.69. The molecule has 0 bridgehead atoms. The van der Waals surface area contributed by atoms with Gasteiger partial charge in [-0.15, -0.1) is 0 Å². The molecule has 12 heteroatoms. The van der Waals surface area contributed by atoms with Crippen LogP contribution in [0, 0.1) is 11.8 Å². The monoisotopic (exact) mass is 614 g/mol. The maximum atomic E-state index is 11.1. The molecule has 2 fully saturated rings. The maximum absolute atomic E-state index is 11.1. The summed E-state index contributed by atoms with van der Waals surface area (Å²) in [5.41, 5.74) is 2.00. The van der Waals surface area contributed by atoms with Gasteiger partial charge in [0.15, 0.2) is 40.6 Å². The zero-order valence-corrected chi connectivity index (χ0v) is 25.2. The Bertz CT molecular complexity index is 1410. The fourth-order valence-electron chi connectivity index (χ4n) is 5.93. The Balaban J connectivity index is 1.34. The van der Waals surface area contributed by atoms with Gasteiger partial charge in [0, 0.05) is 11.8 Å². The van der Waals surface area contributed by atoms with Gasteiger partial charge in [0.05, 0.1) is 67.6 Å². The highest BCUT2D eigenvalue weighted by atomic mass is 16.5. The first-order valence-electron chi connectivity index (χ1n) is 14.0. The van der Waals surface area contributed by atoms with E-state index in [2.05, 4.69) is 0 Å². The van der Waals surface area contributed by atoms with Crippen molar-refractivity contribution in [3.8, 4) is 46.0 Å². The number of ether oxygens (including phenoxy) is 8. The van der Waals surface area contributed by atoms with Crippen molar-refractivity contribution in [1.82, 2.24) is 0 Å². The standard InChI is InChI=1S/C32H38O12/c1-37-22-8-16(6-7-21(22)44-27(13-33)28(34)17-9-23(38-2)29(35)24(10-17)39-3)31-19-14-43-32(20(19)15-42-31)18-11-25(40-4)30(36)26(12-18)41-5/h6-12,19-20,27-28,31-36H,13-15H2,1-5H3/t19-,20-,27?,28?,31+,32+/m1/s1. The summed E-state index contributed by atoms with van der Waals surface area (Å²) < 4.78 is 45.2. The van der Waals surface area contributed by atoms with Gasteiger partial charge in [-0.25, -0.2) is 0 Å². The Kier molecular flexibility index (Phi) is 9.45. The molecule has 0 aromatic heterocycles. The normalized spacial score (nSPS) is 22.2.